The Balaban J connectivity index is 1.92. The molecule has 1 heterocycles. The Labute approximate surface area is 120 Å². The Morgan fingerprint density at radius 2 is 2.05 bits per heavy atom. The van der Waals surface area contributed by atoms with E-state index in [2.05, 4.69) is 11.9 Å². The number of nitrogens with zero attached hydrogens (tertiary/aromatic N) is 1. The van der Waals surface area contributed by atoms with Crippen molar-refractivity contribution < 1.29 is 14.6 Å². The van der Waals surface area contributed by atoms with Crippen LogP contribution in [0.3, 0.4) is 0 Å². The molecular weight excluding hydrogens is 254 g/mol. The van der Waals surface area contributed by atoms with Gasteiger partial charge in [0, 0.05) is 11.8 Å². The molecular formula is C16H23NO3. The van der Waals surface area contributed by atoms with Crippen LogP contribution in [0.5, 0.6) is 5.88 Å². The highest BCUT2D eigenvalue weighted by molar-refractivity contribution is 5.60. The molecule has 1 aliphatic carbocycles. The van der Waals surface area contributed by atoms with E-state index < -0.39 is 6.16 Å². The summed E-state index contributed by atoms with van der Waals surface area (Å²) >= 11 is 0. The molecule has 0 aliphatic heterocycles. The van der Waals surface area contributed by atoms with Crippen molar-refractivity contribution in [3.8, 4) is 5.88 Å². The van der Waals surface area contributed by atoms with Gasteiger partial charge in [-0.15, -0.1) is 0 Å². The predicted molar refractivity (Wildman–Crippen MR) is 76.9 cm³/mol. The fourth-order valence-electron chi connectivity index (χ4n) is 3.20. The highest BCUT2D eigenvalue weighted by atomic mass is 16.7. The van der Waals surface area contributed by atoms with E-state index in [-0.39, 0.29) is 5.88 Å². The normalized spacial score (nSPS) is 22.4. The smallest absolute Gasteiger partial charge is 0.449 e. The number of hydrogen-bond donors (Lipinski definition) is 1. The molecule has 1 aliphatic rings. The first-order chi connectivity index (χ1) is 9.69. The lowest BCUT2D eigenvalue weighted by Gasteiger charge is -2.28. The molecule has 0 saturated heterocycles. The van der Waals surface area contributed by atoms with Gasteiger partial charge in [0.15, 0.2) is 0 Å². The van der Waals surface area contributed by atoms with Crippen molar-refractivity contribution in [2.45, 2.75) is 51.9 Å². The van der Waals surface area contributed by atoms with Crippen LogP contribution >= 0.6 is 0 Å². The zero-order valence-corrected chi connectivity index (χ0v) is 12.0. The highest BCUT2D eigenvalue weighted by Crippen LogP contribution is 2.34. The van der Waals surface area contributed by atoms with Gasteiger partial charge in [-0.2, -0.15) is 0 Å². The summed E-state index contributed by atoms with van der Waals surface area (Å²) in [6, 6.07) is 3.76. The maximum Gasteiger partial charge on any atom is 0.512 e. The van der Waals surface area contributed by atoms with Gasteiger partial charge in [0.25, 0.3) is 0 Å². The van der Waals surface area contributed by atoms with E-state index in [1.165, 1.54) is 38.5 Å². The lowest BCUT2D eigenvalue weighted by atomic mass is 9.78. The number of carbonyl (C=O) groups is 1. The summed E-state index contributed by atoms with van der Waals surface area (Å²) in [6.07, 6.45) is 8.81. The van der Waals surface area contributed by atoms with Crippen molar-refractivity contribution in [1.82, 2.24) is 4.98 Å². The van der Waals surface area contributed by atoms with Crippen LogP contribution in [0.4, 0.5) is 4.79 Å². The molecule has 0 radical (unpaired) electrons. The summed E-state index contributed by atoms with van der Waals surface area (Å²) in [5.74, 6) is 1.76. The molecule has 0 aromatic carbocycles. The van der Waals surface area contributed by atoms with Gasteiger partial charge in [-0.1, -0.05) is 38.7 Å². The van der Waals surface area contributed by atoms with Crippen molar-refractivity contribution in [1.29, 1.82) is 0 Å². The van der Waals surface area contributed by atoms with E-state index >= 15 is 0 Å². The van der Waals surface area contributed by atoms with Crippen LogP contribution in [0.2, 0.25) is 0 Å². The van der Waals surface area contributed by atoms with Crippen LogP contribution in [0.1, 0.15) is 51.0 Å². The number of carboxylic acid groups (broad SMARTS) is 1. The second kappa shape index (κ2) is 7.27. The SMILES string of the molecule is CCC[C@H]1CC[C@H](Cc2cccnc2OC(=O)O)CC1. The molecule has 4 heteroatoms. The monoisotopic (exact) mass is 277 g/mol. The van der Waals surface area contributed by atoms with Gasteiger partial charge < -0.3 is 9.84 Å². The molecule has 0 spiro atoms. The maximum absolute atomic E-state index is 10.7. The van der Waals surface area contributed by atoms with Crippen molar-refractivity contribution in [3.63, 3.8) is 0 Å². The molecule has 20 heavy (non-hydrogen) atoms. The lowest BCUT2D eigenvalue weighted by molar-refractivity contribution is 0.141. The van der Waals surface area contributed by atoms with Crippen LogP contribution in [0.25, 0.3) is 0 Å². The minimum Gasteiger partial charge on any atom is -0.449 e. The maximum atomic E-state index is 10.7. The third-order valence-electron chi connectivity index (χ3n) is 4.21. The molecule has 1 saturated carbocycles. The second-order valence-corrected chi connectivity index (χ2v) is 5.72. The number of hydrogen-bond acceptors (Lipinski definition) is 3. The molecule has 0 atom stereocenters. The van der Waals surface area contributed by atoms with Gasteiger partial charge >= 0.3 is 6.16 Å². The molecule has 1 fully saturated rings. The zero-order chi connectivity index (χ0) is 14.4. The van der Waals surface area contributed by atoms with E-state index in [1.807, 2.05) is 12.1 Å². The summed E-state index contributed by atoms with van der Waals surface area (Å²) in [5, 5.41) is 8.73. The fourth-order valence-corrected chi connectivity index (χ4v) is 3.20. The third kappa shape index (κ3) is 4.22. The molecule has 2 rings (SSSR count). The fraction of sp³-hybridized carbons (Fsp3) is 0.625. The van der Waals surface area contributed by atoms with Crippen LogP contribution in [-0.4, -0.2) is 16.2 Å². The quantitative estimate of drug-likeness (QED) is 0.816. The van der Waals surface area contributed by atoms with Gasteiger partial charge in [-0.05, 0) is 37.2 Å². The van der Waals surface area contributed by atoms with Crippen molar-refractivity contribution >= 4 is 6.16 Å². The second-order valence-electron chi connectivity index (χ2n) is 5.72. The molecule has 1 N–H and O–H groups in total. The molecule has 0 amide bonds. The van der Waals surface area contributed by atoms with Crippen LogP contribution in [0.15, 0.2) is 18.3 Å². The van der Waals surface area contributed by atoms with Crippen LogP contribution in [-0.2, 0) is 6.42 Å². The molecule has 1 aromatic heterocycles. The van der Waals surface area contributed by atoms with Crippen LogP contribution in [0, 0.1) is 11.8 Å². The third-order valence-corrected chi connectivity index (χ3v) is 4.21. The van der Waals surface area contributed by atoms with E-state index in [0.717, 1.165) is 17.9 Å². The molecule has 4 nitrogen and oxygen atoms in total. The molecule has 0 unspecified atom stereocenters. The van der Waals surface area contributed by atoms with Gasteiger partial charge in [0.05, 0.1) is 0 Å². The molecule has 0 bridgehead atoms. The minimum atomic E-state index is -1.29. The highest BCUT2D eigenvalue weighted by Gasteiger charge is 2.22. The summed E-state index contributed by atoms with van der Waals surface area (Å²) in [6.45, 7) is 2.25. The number of ether oxygens (including phenoxy) is 1. The Kier molecular flexibility index (Phi) is 5.39. The average molecular weight is 277 g/mol. The van der Waals surface area contributed by atoms with Gasteiger partial charge in [0.2, 0.25) is 5.88 Å². The first kappa shape index (κ1) is 14.8. The Morgan fingerprint density at radius 1 is 1.35 bits per heavy atom. The largest absolute Gasteiger partial charge is 0.512 e. The molecule has 1 aromatic rings. The van der Waals surface area contributed by atoms with Crippen LogP contribution < -0.4 is 4.74 Å². The summed E-state index contributed by atoms with van der Waals surface area (Å²) < 4.78 is 4.75. The Hall–Kier alpha value is -1.58. The van der Waals surface area contributed by atoms with E-state index in [0.29, 0.717) is 5.92 Å². The average Bonchev–Trinajstić information content (AvgIpc) is 2.43. The zero-order valence-electron chi connectivity index (χ0n) is 12.0. The van der Waals surface area contributed by atoms with Crippen molar-refractivity contribution in [3.05, 3.63) is 23.9 Å². The van der Waals surface area contributed by atoms with E-state index in [1.54, 1.807) is 6.20 Å². The van der Waals surface area contributed by atoms with Crippen molar-refractivity contribution in [2.24, 2.45) is 11.8 Å². The summed E-state index contributed by atoms with van der Waals surface area (Å²) in [4.78, 5) is 14.7. The number of aromatic nitrogens is 1. The van der Waals surface area contributed by atoms with Gasteiger partial charge in [-0.25, -0.2) is 9.78 Å². The van der Waals surface area contributed by atoms with Crippen molar-refractivity contribution in [2.75, 3.05) is 0 Å². The summed E-state index contributed by atoms with van der Waals surface area (Å²) in [7, 11) is 0. The Bertz CT molecular complexity index is 439. The topological polar surface area (TPSA) is 59.4 Å². The number of rotatable bonds is 5. The summed E-state index contributed by atoms with van der Waals surface area (Å²) in [5.41, 5.74) is 0.911. The Morgan fingerprint density at radius 3 is 2.70 bits per heavy atom. The first-order valence-corrected chi connectivity index (χ1v) is 7.53. The predicted octanol–water partition coefficient (Wildman–Crippen LogP) is 4.29. The van der Waals surface area contributed by atoms with E-state index in [9.17, 15) is 4.79 Å². The van der Waals surface area contributed by atoms with E-state index in [4.69, 9.17) is 9.84 Å². The first-order valence-electron chi connectivity index (χ1n) is 7.53. The minimum absolute atomic E-state index is 0.246. The van der Waals surface area contributed by atoms with Gasteiger partial charge in [-0.3, -0.25) is 0 Å². The lowest BCUT2D eigenvalue weighted by Crippen LogP contribution is -2.17. The number of pyridine rings is 1. The van der Waals surface area contributed by atoms with Gasteiger partial charge in [0.1, 0.15) is 0 Å². The standard InChI is InChI=1S/C16H23NO3/c1-2-4-12-6-8-13(9-7-12)11-14-5-3-10-17-15(14)20-16(18)19/h3,5,10,12-13H,2,4,6-9,11H2,1H3,(H,18,19)/t12-,13-. The molecule has 110 valence electrons.